The minimum atomic E-state index is 0.835. The fraction of sp³-hybridized carbons (Fsp3) is 0.111. The highest BCUT2D eigenvalue weighted by Crippen LogP contribution is 2.25. The van der Waals surface area contributed by atoms with Gasteiger partial charge in [-0.1, -0.05) is 33.5 Å². The Bertz CT molecular complexity index is 408. The van der Waals surface area contributed by atoms with Crippen LogP contribution in [-0.4, -0.2) is 7.85 Å². The molecule has 1 aromatic heterocycles. The van der Waals surface area contributed by atoms with E-state index in [0.717, 1.165) is 10.8 Å². The minimum absolute atomic E-state index is 0.835. The van der Waals surface area contributed by atoms with Crippen LogP contribution in [0.2, 0.25) is 0 Å². The van der Waals surface area contributed by atoms with E-state index >= 15 is 0 Å². The van der Waals surface area contributed by atoms with Gasteiger partial charge in [-0.15, -0.1) is 11.3 Å². The molecule has 0 aliphatic carbocycles. The molecule has 1 heterocycles. The van der Waals surface area contributed by atoms with Crippen LogP contribution in [0.25, 0.3) is 10.1 Å². The Labute approximate surface area is 85.1 Å². The first-order chi connectivity index (χ1) is 5.79. The normalized spacial score (nSPS) is 10.8. The third-order valence-corrected chi connectivity index (χ3v) is 3.81. The quantitative estimate of drug-likeness (QED) is 0.528. The zero-order valence-electron chi connectivity index (χ0n) is 6.38. The van der Waals surface area contributed by atoms with Crippen molar-refractivity contribution in [3.8, 4) is 0 Å². The Morgan fingerprint density at radius 3 is 2.92 bits per heavy atom. The second-order valence-electron chi connectivity index (χ2n) is 2.64. The molecule has 2 rings (SSSR count). The van der Waals surface area contributed by atoms with Crippen LogP contribution in [0.4, 0.5) is 0 Å². The van der Waals surface area contributed by atoms with Gasteiger partial charge in [0.15, 0.2) is 0 Å². The summed E-state index contributed by atoms with van der Waals surface area (Å²) in [6.45, 7) is 0. The lowest BCUT2D eigenvalue weighted by Gasteiger charge is -1.90. The average molecular weight is 237 g/mol. The Hall–Kier alpha value is -0.275. The van der Waals surface area contributed by atoms with E-state index in [4.69, 9.17) is 7.85 Å². The van der Waals surface area contributed by atoms with Gasteiger partial charge in [0.25, 0.3) is 0 Å². The standard InChI is InChI=1S/C9H6BBrS/c10-7-1-2-9-6(3-7)4-8(5-11)12-9/h1-4H,5H2. The molecule has 12 heavy (non-hydrogen) atoms. The minimum Gasteiger partial charge on any atom is -0.139 e. The lowest BCUT2D eigenvalue weighted by atomic mass is 9.95. The summed E-state index contributed by atoms with van der Waals surface area (Å²) in [6, 6.07) is 8.20. The van der Waals surface area contributed by atoms with Gasteiger partial charge in [-0.2, -0.15) is 0 Å². The summed E-state index contributed by atoms with van der Waals surface area (Å²) in [7, 11) is 5.67. The molecule has 2 aromatic rings. The zero-order valence-corrected chi connectivity index (χ0v) is 8.78. The van der Waals surface area contributed by atoms with Crippen molar-refractivity contribution >= 4 is 50.7 Å². The van der Waals surface area contributed by atoms with Gasteiger partial charge in [0.05, 0.1) is 0 Å². The number of rotatable bonds is 1. The van der Waals surface area contributed by atoms with Gasteiger partial charge in [0.1, 0.15) is 7.85 Å². The van der Waals surface area contributed by atoms with Gasteiger partial charge in [0, 0.05) is 14.9 Å². The molecule has 0 atom stereocenters. The third kappa shape index (κ3) is 1.43. The summed E-state index contributed by atoms with van der Waals surface area (Å²) in [6.07, 6.45) is 0. The van der Waals surface area contributed by atoms with Gasteiger partial charge < -0.3 is 0 Å². The molecule has 2 radical (unpaired) electrons. The van der Waals surface area contributed by atoms with Crippen molar-refractivity contribution in [2.24, 2.45) is 0 Å². The first-order valence-electron chi connectivity index (χ1n) is 3.63. The van der Waals surface area contributed by atoms with Crippen molar-refractivity contribution in [1.29, 1.82) is 0 Å². The van der Waals surface area contributed by atoms with Crippen LogP contribution in [-0.2, 0) is 5.33 Å². The molecule has 0 amide bonds. The van der Waals surface area contributed by atoms with Crippen molar-refractivity contribution < 1.29 is 0 Å². The maximum absolute atomic E-state index is 5.67. The fourth-order valence-electron chi connectivity index (χ4n) is 1.18. The van der Waals surface area contributed by atoms with Crippen LogP contribution in [0.3, 0.4) is 0 Å². The van der Waals surface area contributed by atoms with Crippen molar-refractivity contribution in [3.05, 3.63) is 29.1 Å². The van der Waals surface area contributed by atoms with Crippen LogP contribution in [0.15, 0.2) is 24.3 Å². The Kier molecular flexibility index (Phi) is 2.24. The average Bonchev–Trinajstić information content (AvgIpc) is 2.46. The molecule has 0 fully saturated rings. The summed E-state index contributed by atoms with van der Waals surface area (Å²) in [4.78, 5) is 1.34. The van der Waals surface area contributed by atoms with Gasteiger partial charge in [-0.25, -0.2) is 0 Å². The molecular formula is C9H6BBrS. The first-order valence-corrected chi connectivity index (χ1v) is 5.57. The van der Waals surface area contributed by atoms with E-state index in [9.17, 15) is 0 Å². The second kappa shape index (κ2) is 3.23. The van der Waals surface area contributed by atoms with Crippen LogP contribution >= 0.6 is 27.3 Å². The molecule has 0 spiro atoms. The topological polar surface area (TPSA) is 0 Å². The van der Waals surface area contributed by atoms with E-state index in [0.29, 0.717) is 0 Å². The smallest absolute Gasteiger partial charge is 0.113 e. The summed E-state index contributed by atoms with van der Waals surface area (Å²) in [5.74, 6) is 0. The van der Waals surface area contributed by atoms with E-state index in [-0.39, 0.29) is 0 Å². The van der Waals surface area contributed by atoms with Crippen LogP contribution in [0, 0.1) is 0 Å². The van der Waals surface area contributed by atoms with Gasteiger partial charge in [-0.05, 0) is 17.5 Å². The van der Waals surface area contributed by atoms with Crippen LogP contribution in [0.1, 0.15) is 4.88 Å². The summed E-state index contributed by atoms with van der Waals surface area (Å²) in [5.41, 5.74) is 0.835. The van der Waals surface area contributed by atoms with Crippen LogP contribution < -0.4 is 5.46 Å². The lowest BCUT2D eigenvalue weighted by Crippen LogP contribution is -1.98. The SMILES string of the molecule is [B]c1ccc2sc(CBr)cc2c1. The van der Waals surface area contributed by atoms with Crippen molar-refractivity contribution in [3.63, 3.8) is 0 Å². The second-order valence-corrected chi connectivity index (χ2v) is 4.37. The molecule has 0 N–H and O–H groups in total. The predicted octanol–water partition coefficient (Wildman–Crippen LogP) is 2.59. The summed E-state index contributed by atoms with van der Waals surface area (Å²) >= 11 is 5.24. The molecule has 58 valence electrons. The number of thiophene rings is 1. The van der Waals surface area contributed by atoms with Crippen molar-refractivity contribution in [1.82, 2.24) is 0 Å². The van der Waals surface area contributed by atoms with Gasteiger partial charge in [-0.3, -0.25) is 0 Å². The molecule has 3 heteroatoms. The van der Waals surface area contributed by atoms with Crippen LogP contribution in [0.5, 0.6) is 0 Å². The molecule has 0 aliphatic rings. The maximum Gasteiger partial charge on any atom is 0.113 e. The molecule has 0 aliphatic heterocycles. The highest BCUT2D eigenvalue weighted by atomic mass is 79.9. The van der Waals surface area contributed by atoms with E-state index in [1.807, 2.05) is 12.1 Å². The molecule has 0 bridgehead atoms. The highest BCUT2D eigenvalue weighted by Gasteiger charge is 1.99. The molecular weight excluding hydrogens is 231 g/mol. The number of benzene rings is 1. The monoisotopic (exact) mass is 236 g/mol. The van der Waals surface area contributed by atoms with E-state index < -0.39 is 0 Å². The van der Waals surface area contributed by atoms with Gasteiger partial charge >= 0.3 is 0 Å². The molecule has 0 saturated heterocycles. The Morgan fingerprint density at radius 1 is 1.33 bits per heavy atom. The highest BCUT2D eigenvalue weighted by molar-refractivity contribution is 9.08. The van der Waals surface area contributed by atoms with Gasteiger partial charge in [0.2, 0.25) is 0 Å². The largest absolute Gasteiger partial charge is 0.139 e. The molecule has 0 saturated carbocycles. The fourth-order valence-corrected chi connectivity index (χ4v) is 2.58. The van der Waals surface area contributed by atoms with E-state index in [2.05, 4.69) is 28.1 Å². The molecule has 0 unspecified atom stereocenters. The number of hydrogen-bond donors (Lipinski definition) is 0. The number of alkyl halides is 1. The first kappa shape index (κ1) is 8.33. The maximum atomic E-state index is 5.67. The van der Waals surface area contributed by atoms with Crippen molar-refractivity contribution in [2.45, 2.75) is 5.33 Å². The number of hydrogen-bond acceptors (Lipinski definition) is 1. The predicted molar refractivity (Wildman–Crippen MR) is 59.8 cm³/mol. The Balaban J connectivity index is 2.67. The summed E-state index contributed by atoms with van der Waals surface area (Å²) in [5, 5.41) is 2.17. The zero-order chi connectivity index (χ0) is 8.55. The summed E-state index contributed by atoms with van der Waals surface area (Å²) < 4.78 is 1.30. The third-order valence-electron chi connectivity index (χ3n) is 1.72. The number of fused-ring (bicyclic) bond motifs is 1. The lowest BCUT2D eigenvalue weighted by molar-refractivity contribution is 1.60. The van der Waals surface area contributed by atoms with E-state index in [1.165, 1.54) is 15.0 Å². The van der Waals surface area contributed by atoms with E-state index in [1.54, 1.807) is 11.3 Å². The Morgan fingerprint density at radius 2 is 2.17 bits per heavy atom. The number of halogens is 1. The molecule has 1 aromatic carbocycles. The molecule has 0 nitrogen and oxygen atoms in total. The van der Waals surface area contributed by atoms with Crippen molar-refractivity contribution in [2.75, 3.05) is 0 Å².